The van der Waals surface area contributed by atoms with Crippen molar-refractivity contribution >= 4 is 16.9 Å². The van der Waals surface area contributed by atoms with Crippen LogP contribution in [0.2, 0.25) is 5.21 Å². The van der Waals surface area contributed by atoms with Gasteiger partial charge in [-0.3, -0.25) is 0 Å². The summed E-state index contributed by atoms with van der Waals surface area (Å²) in [7, 11) is 0. The molecular formula is C27H55As. The Kier molecular flexibility index (Phi) is 28.1. The van der Waals surface area contributed by atoms with Gasteiger partial charge < -0.3 is 0 Å². The number of hydrogen-bond acceptors (Lipinski definition) is 0. The van der Waals surface area contributed by atoms with E-state index in [-0.39, 0.29) is 0 Å². The summed E-state index contributed by atoms with van der Waals surface area (Å²) in [5.41, 5.74) is 0. The van der Waals surface area contributed by atoms with E-state index in [1.165, 1.54) is 166 Å². The fraction of sp³-hybridized carbons (Fsp3) is 1.00. The molecule has 0 saturated heterocycles. The molecule has 0 nitrogen and oxygen atoms in total. The maximum atomic E-state index is 2.71. The molecule has 0 fully saturated rings. The topological polar surface area (TPSA) is 0 Å². The van der Waals surface area contributed by atoms with E-state index in [0.29, 0.717) is 0 Å². The Labute approximate surface area is 189 Å². The molecule has 168 valence electrons. The first-order valence-electron chi connectivity index (χ1n) is 13.5. The van der Waals surface area contributed by atoms with E-state index in [4.69, 9.17) is 0 Å². The summed E-state index contributed by atoms with van der Waals surface area (Å²) < 4.78 is 0. The van der Waals surface area contributed by atoms with Crippen molar-refractivity contribution in [1.29, 1.82) is 0 Å². The Morgan fingerprint density at radius 1 is 0.286 bits per heavy atom. The summed E-state index contributed by atoms with van der Waals surface area (Å²) in [6.07, 6.45) is 36.9. The minimum absolute atomic E-state index is 1.31. The predicted octanol–water partition coefficient (Wildman–Crippen LogP) is 10.3. The molecule has 0 saturated carbocycles. The van der Waals surface area contributed by atoms with Crippen molar-refractivity contribution in [1.82, 2.24) is 0 Å². The minimum atomic E-state index is 1.31. The Morgan fingerprint density at radius 3 is 0.643 bits per heavy atom. The van der Waals surface area contributed by atoms with Crippen molar-refractivity contribution in [2.24, 2.45) is 0 Å². The zero-order valence-corrected chi connectivity index (χ0v) is 21.7. The Hall–Kier alpha value is 0.558. The van der Waals surface area contributed by atoms with Crippen LogP contribution in [0.4, 0.5) is 0 Å². The van der Waals surface area contributed by atoms with Gasteiger partial charge in [0.25, 0.3) is 0 Å². The molecule has 0 spiro atoms. The number of rotatable bonds is 25. The zero-order chi connectivity index (χ0) is 20.4. The Balaban J connectivity index is 2.96. The molecule has 0 aliphatic heterocycles. The standard InChI is InChI=1S/C27H55As/c1-2-3-4-5-6-7-8-9-10-11-12-13-14-15-16-17-18-19-20-21-22-23-24-25-26-27-28/h2-27H2,1H3. The predicted molar refractivity (Wildman–Crippen MR) is 132 cm³/mol. The van der Waals surface area contributed by atoms with Gasteiger partial charge in [-0.1, -0.05) is 96.8 Å². The molecule has 0 aromatic carbocycles. The summed E-state index contributed by atoms with van der Waals surface area (Å²) in [5.74, 6) is 0. The third-order valence-corrected chi connectivity index (χ3v) is 6.93. The van der Waals surface area contributed by atoms with Crippen LogP contribution < -0.4 is 0 Å². The van der Waals surface area contributed by atoms with Gasteiger partial charge in [0.1, 0.15) is 0 Å². The first-order valence-corrected chi connectivity index (χ1v) is 14.9. The molecule has 1 heteroatoms. The monoisotopic (exact) mass is 454 g/mol. The van der Waals surface area contributed by atoms with Gasteiger partial charge in [-0.15, -0.1) is 0 Å². The summed E-state index contributed by atoms with van der Waals surface area (Å²) in [6, 6.07) is 0. The van der Waals surface area contributed by atoms with E-state index in [2.05, 4.69) is 23.8 Å². The van der Waals surface area contributed by atoms with Crippen LogP contribution in [-0.4, -0.2) is 16.9 Å². The quantitative estimate of drug-likeness (QED) is 0.0950. The fourth-order valence-electron chi connectivity index (χ4n) is 4.25. The van der Waals surface area contributed by atoms with E-state index in [1.54, 1.807) is 0 Å². The van der Waals surface area contributed by atoms with Crippen LogP contribution >= 0.6 is 0 Å². The molecule has 0 atom stereocenters. The second kappa shape index (κ2) is 27.6. The average molecular weight is 455 g/mol. The summed E-state index contributed by atoms with van der Waals surface area (Å²) in [4.78, 5) is 0. The molecule has 28 heavy (non-hydrogen) atoms. The van der Waals surface area contributed by atoms with Crippen molar-refractivity contribution in [3.8, 4) is 0 Å². The van der Waals surface area contributed by atoms with Gasteiger partial charge in [0.2, 0.25) is 0 Å². The van der Waals surface area contributed by atoms with Crippen LogP contribution in [0.3, 0.4) is 0 Å². The molecule has 0 aliphatic carbocycles. The molecule has 0 bridgehead atoms. The second-order valence-electron chi connectivity index (χ2n) is 9.21. The first kappa shape index (κ1) is 28.6. The molecule has 0 heterocycles. The fourth-order valence-corrected chi connectivity index (χ4v) is 4.72. The van der Waals surface area contributed by atoms with Gasteiger partial charge in [-0.05, 0) is 0 Å². The molecule has 0 N–H and O–H groups in total. The maximum absolute atomic E-state index is 2.71. The van der Waals surface area contributed by atoms with Gasteiger partial charge in [0.05, 0.1) is 0 Å². The van der Waals surface area contributed by atoms with Gasteiger partial charge in [0.15, 0.2) is 0 Å². The van der Waals surface area contributed by atoms with E-state index in [9.17, 15) is 0 Å². The molecule has 0 rings (SSSR count). The van der Waals surface area contributed by atoms with E-state index >= 15 is 0 Å². The van der Waals surface area contributed by atoms with Crippen LogP contribution in [0.15, 0.2) is 0 Å². The van der Waals surface area contributed by atoms with Crippen LogP contribution in [0, 0.1) is 0 Å². The summed E-state index contributed by atoms with van der Waals surface area (Å²) >= 11 is 2.71. The third kappa shape index (κ3) is 26.6. The number of unbranched alkanes of at least 4 members (excludes halogenated alkanes) is 24. The van der Waals surface area contributed by atoms with Gasteiger partial charge in [-0.25, -0.2) is 0 Å². The normalized spacial score (nSPS) is 11.4. The Bertz CT molecular complexity index is 225. The van der Waals surface area contributed by atoms with E-state index < -0.39 is 0 Å². The third-order valence-electron chi connectivity index (χ3n) is 6.26. The molecule has 0 amide bonds. The summed E-state index contributed by atoms with van der Waals surface area (Å²) in [5, 5.41) is 1.31. The van der Waals surface area contributed by atoms with Crippen molar-refractivity contribution in [3.05, 3.63) is 0 Å². The van der Waals surface area contributed by atoms with Crippen LogP contribution in [-0.2, 0) is 0 Å². The SMILES string of the molecule is CCCCCCCCCCCCCCCCCCCCCCCCCCC[As]. The van der Waals surface area contributed by atoms with E-state index in [0.717, 1.165) is 0 Å². The molecule has 0 aliphatic rings. The van der Waals surface area contributed by atoms with Crippen LogP contribution in [0.25, 0.3) is 0 Å². The Morgan fingerprint density at radius 2 is 0.464 bits per heavy atom. The average Bonchev–Trinajstić information content (AvgIpc) is 2.71. The molecule has 0 aromatic heterocycles. The van der Waals surface area contributed by atoms with Crippen molar-refractivity contribution in [2.45, 2.75) is 173 Å². The van der Waals surface area contributed by atoms with Crippen molar-refractivity contribution < 1.29 is 0 Å². The van der Waals surface area contributed by atoms with Gasteiger partial charge >= 0.3 is 92.7 Å². The number of hydrogen-bond donors (Lipinski definition) is 0. The zero-order valence-electron chi connectivity index (χ0n) is 19.8. The summed E-state index contributed by atoms with van der Waals surface area (Å²) in [6.45, 7) is 2.30. The van der Waals surface area contributed by atoms with Crippen LogP contribution in [0.1, 0.15) is 167 Å². The first-order chi connectivity index (χ1) is 13.9. The van der Waals surface area contributed by atoms with Gasteiger partial charge in [-0.2, -0.15) is 0 Å². The molecule has 0 unspecified atom stereocenters. The van der Waals surface area contributed by atoms with E-state index in [1.807, 2.05) is 0 Å². The van der Waals surface area contributed by atoms with Crippen LogP contribution in [0.5, 0.6) is 0 Å². The van der Waals surface area contributed by atoms with Crippen molar-refractivity contribution in [3.63, 3.8) is 0 Å². The van der Waals surface area contributed by atoms with Crippen molar-refractivity contribution in [2.75, 3.05) is 0 Å². The van der Waals surface area contributed by atoms with Gasteiger partial charge in [0, 0.05) is 0 Å². The molecular weight excluding hydrogens is 399 g/mol. The molecule has 2 radical (unpaired) electrons. The molecule has 0 aromatic rings. The second-order valence-corrected chi connectivity index (χ2v) is 10.1.